The first-order valence-corrected chi connectivity index (χ1v) is 6.29. The van der Waals surface area contributed by atoms with Gasteiger partial charge >= 0.3 is 0 Å². The van der Waals surface area contributed by atoms with Gasteiger partial charge in [-0.25, -0.2) is 4.98 Å². The molecular formula is C12H16BrN3. The summed E-state index contributed by atoms with van der Waals surface area (Å²) in [5.74, 6) is 1.13. The third kappa shape index (κ3) is 2.28. The van der Waals surface area contributed by atoms with Crippen LogP contribution in [0, 0.1) is 6.92 Å². The standard InChI is InChI=1S/C12H16BrN3/c1-9-5-6-10-12(13)15-11(16(10)8-9)4-3-7-14-2/h5-6,8,14H,3-4,7H2,1-2H3. The van der Waals surface area contributed by atoms with Gasteiger partial charge in [-0.2, -0.15) is 0 Å². The zero-order chi connectivity index (χ0) is 11.5. The summed E-state index contributed by atoms with van der Waals surface area (Å²) in [6.45, 7) is 3.13. The Hall–Kier alpha value is -0.870. The van der Waals surface area contributed by atoms with Crippen LogP contribution in [-0.2, 0) is 6.42 Å². The Morgan fingerprint density at radius 3 is 3.00 bits per heavy atom. The van der Waals surface area contributed by atoms with Crippen molar-refractivity contribution in [2.24, 2.45) is 0 Å². The van der Waals surface area contributed by atoms with E-state index in [4.69, 9.17) is 0 Å². The molecule has 4 heteroatoms. The largest absolute Gasteiger partial charge is 0.320 e. The smallest absolute Gasteiger partial charge is 0.132 e. The van der Waals surface area contributed by atoms with Gasteiger partial charge in [0.05, 0.1) is 5.52 Å². The van der Waals surface area contributed by atoms with Crippen molar-refractivity contribution in [3.8, 4) is 0 Å². The topological polar surface area (TPSA) is 29.3 Å². The Morgan fingerprint density at radius 1 is 1.44 bits per heavy atom. The average molecular weight is 282 g/mol. The highest BCUT2D eigenvalue weighted by Gasteiger charge is 2.08. The molecule has 2 heterocycles. The van der Waals surface area contributed by atoms with Crippen molar-refractivity contribution in [1.82, 2.24) is 14.7 Å². The number of hydrogen-bond acceptors (Lipinski definition) is 2. The quantitative estimate of drug-likeness (QED) is 0.873. The van der Waals surface area contributed by atoms with Crippen molar-refractivity contribution in [2.45, 2.75) is 19.8 Å². The van der Waals surface area contributed by atoms with Gasteiger partial charge in [0.1, 0.15) is 10.4 Å². The third-order valence-corrected chi connectivity index (χ3v) is 3.22. The van der Waals surface area contributed by atoms with Crippen molar-refractivity contribution in [3.05, 3.63) is 34.3 Å². The minimum Gasteiger partial charge on any atom is -0.320 e. The number of aryl methyl sites for hydroxylation is 2. The van der Waals surface area contributed by atoms with Crippen molar-refractivity contribution < 1.29 is 0 Å². The van der Waals surface area contributed by atoms with E-state index in [1.54, 1.807) is 0 Å². The minimum absolute atomic E-state index is 0.937. The Labute approximate surface area is 104 Å². The fraction of sp³-hybridized carbons (Fsp3) is 0.417. The fourth-order valence-corrected chi connectivity index (χ4v) is 2.34. The number of nitrogens with zero attached hydrogens (tertiary/aromatic N) is 2. The zero-order valence-corrected chi connectivity index (χ0v) is 11.2. The molecule has 0 unspecified atom stereocenters. The molecule has 0 bridgehead atoms. The van der Waals surface area contributed by atoms with Gasteiger partial charge in [-0.3, -0.25) is 0 Å². The Morgan fingerprint density at radius 2 is 2.25 bits per heavy atom. The van der Waals surface area contributed by atoms with E-state index in [-0.39, 0.29) is 0 Å². The van der Waals surface area contributed by atoms with Crippen LogP contribution in [0.5, 0.6) is 0 Å². The Bertz CT molecular complexity index is 490. The van der Waals surface area contributed by atoms with Gasteiger partial charge in [0.15, 0.2) is 0 Å². The van der Waals surface area contributed by atoms with E-state index >= 15 is 0 Å². The second kappa shape index (κ2) is 4.97. The predicted molar refractivity (Wildman–Crippen MR) is 69.9 cm³/mol. The molecule has 0 saturated carbocycles. The first-order chi connectivity index (χ1) is 7.72. The zero-order valence-electron chi connectivity index (χ0n) is 9.63. The molecule has 0 aliphatic carbocycles. The summed E-state index contributed by atoms with van der Waals surface area (Å²) in [4.78, 5) is 4.55. The molecule has 0 aliphatic heterocycles. The lowest BCUT2D eigenvalue weighted by Gasteiger charge is -2.02. The molecule has 1 N–H and O–H groups in total. The monoisotopic (exact) mass is 281 g/mol. The van der Waals surface area contributed by atoms with Gasteiger partial charge in [0, 0.05) is 12.6 Å². The van der Waals surface area contributed by atoms with Crippen LogP contribution in [0.1, 0.15) is 17.8 Å². The van der Waals surface area contributed by atoms with Crippen LogP contribution < -0.4 is 5.32 Å². The molecule has 0 aliphatic rings. The van der Waals surface area contributed by atoms with Crippen LogP contribution in [0.4, 0.5) is 0 Å². The molecular weight excluding hydrogens is 266 g/mol. The number of pyridine rings is 1. The van der Waals surface area contributed by atoms with Crippen LogP contribution in [0.3, 0.4) is 0 Å². The van der Waals surface area contributed by atoms with Gasteiger partial charge in [0.25, 0.3) is 0 Å². The summed E-state index contributed by atoms with van der Waals surface area (Å²) in [6, 6.07) is 4.22. The van der Waals surface area contributed by atoms with E-state index < -0.39 is 0 Å². The van der Waals surface area contributed by atoms with Gasteiger partial charge in [0.2, 0.25) is 0 Å². The second-order valence-corrected chi connectivity index (χ2v) is 4.74. The van der Waals surface area contributed by atoms with Gasteiger partial charge in [-0.15, -0.1) is 0 Å². The maximum atomic E-state index is 4.55. The molecule has 3 nitrogen and oxygen atoms in total. The highest BCUT2D eigenvalue weighted by molar-refractivity contribution is 9.10. The minimum atomic E-state index is 0.937. The molecule has 2 rings (SSSR count). The predicted octanol–water partition coefficient (Wildman–Crippen LogP) is 2.56. The number of imidazole rings is 1. The molecule has 86 valence electrons. The van der Waals surface area contributed by atoms with Gasteiger partial charge in [-0.05, 0) is 54.5 Å². The van der Waals surface area contributed by atoms with Crippen LogP contribution in [0.25, 0.3) is 5.52 Å². The third-order valence-electron chi connectivity index (χ3n) is 2.64. The lowest BCUT2D eigenvalue weighted by Crippen LogP contribution is -2.09. The molecule has 0 radical (unpaired) electrons. The molecule has 2 aromatic rings. The lowest BCUT2D eigenvalue weighted by atomic mass is 10.3. The van der Waals surface area contributed by atoms with Crippen molar-refractivity contribution in [2.75, 3.05) is 13.6 Å². The van der Waals surface area contributed by atoms with Gasteiger partial charge in [-0.1, -0.05) is 6.07 Å². The van der Waals surface area contributed by atoms with E-state index in [0.29, 0.717) is 0 Å². The maximum Gasteiger partial charge on any atom is 0.132 e. The normalized spacial score (nSPS) is 11.2. The Kier molecular flexibility index (Phi) is 3.61. The number of rotatable bonds is 4. The van der Waals surface area contributed by atoms with E-state index in [2.05, 4.69) is 55.9 Å². The number of hydrogen-bond donors (Lipinski definition) is 1. The maximum absolute atomic E-state index is 4.55. The van der Waals surface area contributed by atoms with E-state index in [1.165, 1.54) is 5.56 Å². The SMILES string of the molecule is CNCCCc1nc(Br)c2ccc(C)cn12. The summed E-state index contributed by atoms with van der Waals surface area (Å²) in [5.41, 5.74) is 2.40. The molecule has 0 saturated heterocycles. The molecule has 0 amide bonds. The van der Waals surface area contributed by atoms with Crippen LogP contribution in [-0.4, -0.2) is 23.0 Å². The highest BCUT2D eigenvalue weighted by Crippen LogP contribution is 2.20. The van der Waals surface area contributed by atoms with E-state index in [9.17, 15) is 0 Å². The second-order valence-electron chi connectivity index (χ2n) is 3.99. The summed E-state index contributed by atoms with van der Waals surface area (Å²) in [6.07, 6.45) is 4.24. The lowest BCUT2D eigenvalue weighted by molar-refractivity contribution is 0.700. The number of nitrogens with one attached hydrogen (secondary N) is 1. The Balaban J connectivity index is 2.33. The summed E-state index contributed by atoms with van der Waals surface area (Å²) >= 11 is 3.50. The molecule has 0 aromatic carbocycles. The number of halogens is 1. The van der Waals surface area contributed by atoms with Crippen LogP contribution in [0.15, 0.2) is 22.9 Å². The number of aromatic nitrogens is 2. The fourth-order valence-electron chi connectivity index (χ4n) is 1.81. The van der Waals surface area contributed by atoms with E-state index in [1.807, 2.05) is 7.05 Å². The number of fused-ring (bicyclic) bond motifs is 1. The van der Waals surface area contributed by atoms with Crippen molar-refractivity contribution in [1.29, 1.82) is 0 Å². The molecule has 0 fully saturated rings. The molecule has 2 aromatic heterocycles. The first kappa shape index (κ1) is 11.6. The summed E-state index contributed by atoms with van der Waals surface area (Å²) in [5, 5.41) is 3.16. The van der Waals surface area contributed by atoms with Crippen molar-refractivity contribution in [3.63, 3.8) is 0 Å². The first-order valence-electron chi connectivity index (χ1n) is 5.50. The molecule has 0 spiro atoms. The molecule has 0 atom stereocenters. The van der Waals surface area contributed by atoms with Crippen LogP contribution in [0.2, 0.25) is 0 Å². The van der Waals surface area contributed by atoms with Crippen molar-refractivity contribution >= 4 is 21.4 Å². The molecule has 16 heavy (non-hydrogen) atoms. The summed E-state index contributed by atoms with van der Waals surface area (Å²) in [7, 11) is 1.98. The average Bonchev–Trinajstić information content (AvgIpc) is 2.56. The highest BCUT2D eigenvalue weighted by atomic mass is 79.9. The summed E-state index contributed by atoms with van der Waals surface area (Å²) < 4.78 is 3.11. The van der Waals surface area contributed by atoms with E-state index in [0.717, 1.165) is 35.3 Å². The van der Waals surface area contributed by atoms with Gasteiger partial charge < -0.3 is 9.72 Å². The van der Waals surface area contributed by atoms with Crippen LogP contribution >= 0.6 is 15.9 Å².